The van der Waals surface area contributed by atoms with Gasteiger partial charge in [0, 0.05) is 10.9 Å². The Bertz CT molecular complexity index is 235. The monoisotopic (exact) mass is 168 g/mol. The number of anilines is 1. The first-order valence-corrected chi connectivity index (χ1v) is 3.89. The predicted molar refractivity (Wildman–Crippen MR) is 50.7 cm³/mol. The highest BCUT2D eigenvalue weighted by Crippen LogP contribution is 2.26. The van der Waals surface area contributed by atoms with E-state index in [1.54, 1.807) is 12.3 Å². The van der Waals surface area contributed by atoms with Gasteiger partial charge in [-0.25, -0.2) is 4.98 Å². The van der Waals surface area contributed by atoms with Crippen molar-refractivity contribution >= 4 is 18.4 Å². The Hall–Kier alpha value is -0.700. The van der Waals surface area contributed by atoms with E-state index in [0.29, 0.717) is 5.82 Å². The zero-order valence-corrected chi connectivity index (χ0v) is 7.60. The number of thiol groups is 1. The van der Waals surface area contributed by atoms with Crippen molar-refractivity contribution < 1.29 is 0 Å². The number of hydrogen-bond donors (Lipinski definition) is 2. The maximum Gasteiger partial charge on any atom is 0.123 e. The van der Waals surface area contributed by atoms with Crippen LogP contribution >= 0.6 is 12.6 Å². The zero-order chi connectivity index (χ0) is 8.48. The van der Waals surface area contributed by atoms with Crippen molar-refractivity contribution in [3.63, 3.8) is 0 Å². The fourth-order valence-electron chi connectivity index (χ4n) is 0.767. The Morgan fingerprint density at radius 1 is 1.45 bits per heavy atom. The summed E-state index contributed by atoms with van der Waals surface area (Å²) in [5.41, 5.74) is 6.51. The smallest absolute Gasteiger partial charge is 0.123 e. The zero-order valence-electron chi connectivity index (χ0n) is 6.70. The van der Waals surface area contributed by atoms with Crippen molar-refractivity contribution in [3.05, 3.63) is 23.9 Å². The van der Waals surface area contributed by atoms with E-state index in [9.17, 15) is 0 Å². The van der Waals surface area contributed by atoms with E-state index < -0.39 is 0 Å². The van der Waals surface area contributed by atoms with Gasteiger partial charge in [0.05, 0.1) is 0 Å². The lowest BCUT2D eigenvalue weighted by molar-refractivity contribution is 0.785. The van der Waals surface area contributed by atoms with E-state index in [2.05, 4.69) is 17.6 Å². The minimum Gasteiger partial charge on any atom is -0.384 e. The van der Waals surface area contributed by atoms with Gasteiger partial charge in [0.25, 0.3) is 0 Å². The fourth-order valence-corrected chi connectivity index (χ4v) is 0.899. The van der Waals surface area contributed by atoms with Gasteiger partial charge in [-0.1, -0.05) is 6.07 Å². The van der Waals surface area contributed by atoms with Gasteiger partial charge in [-0.05, 0) is 25.5 Å². The third-order valence-corrected chi connectivity index (χ3v) is 1.75. The third kappa shape index (κ3) is 2.12. The summed E-state index contributed by atoms with van der Waals surface area (Å²) in [4.78, 5) is 3.97. The van der Waals surface area contributed by atoms with Crippen LogP contribution in [0.3, 0.4) is 0 Å². The molecule has 2 N–H and O–H groups in total. The second-order valence-electron chi connectivity index (χ2n) is 3.03. The van der Waals surface area contributed by atoms with Crippen molar-refractivity contribution in [3.8, 4) is 0 Å². The van der Waals surface area contributed by atoms with Crippen LogP contribution in [-0.4, -0.2) is 4.98 Å². The van der Waals surface area contributed by atoms with Gasteiger partial charge >= 0.3 is 0 Å². The average molecular weight is 168 g/mol. The number of rotatable bonds is 1. The number of pyridine rings is 1. The Morgan fingerprint density at radius 2 is 2.09 bits per heavy atom. The lowest BCUT2D eigenvalue weighted by atomic mass is 10.1. The number of nitrogen functional groups attached to an aromatic ring is 1. The summed E-state index contributed by atoms with van der Waals surface area (Å²) in [6.45, 7) is 4.03. The van der Waals surface area contributed by atoms with Crippen molar-refractivity contribution in [2.75, 3.05) is 5.73 Å². The molecule has 0 aliphatic carbocycles. The lowest BCUT2D eigenvalue weighted by Crippen LogP contribution is -2.08. The minimum absolute atomic E-state index is 0.138. The van der Waals surface area contributed by atoms with E-state index in [1.165, 1.54) is 0 Å². The van der Waals surface area contributed by atoms with Crippen LogP contribution in [0, 0.1) is 0 Å². The molecule has 0 unspecified atom stereocenters. The van der Waals surface area contributed by atoms with Gasteiger partial charge < -0.3 is 5.73 Å². The summed E-state index contributed by atoms with van der Waals surface area (Å²) in [6.07, 6.45) is 1.75. The van der Waals surface area contributed by atoms with Crippen LogP contribution < -0.4 is 5.73 Å². The molecule has 0 atom stereocenters. The highest BCUT2D eigenvalue weighted by molar-refractivity contribution is 7.81. The lowest BCUT2D eigenvalue weighted by Gasteiger charge is -2.16. The summed E-state index contributed by atoms with van der Waals surface area (Å²) in [7, 11) is 0. The molecule has 0 aromatic carbocycles. The molecule has 60 valence electrons. The van der Waals surface area contributed by atoms with Crippen molar-refractivity contribution in [1.29, 1.82) is 0 Å². The molecule has 11 heavy (non-hydrogen) atoms. The Labute approximate surface area is 72.2 Å². The normalized spacial score (nSPS) is 11.5. The number of nitrogens with two attached hydrogens (primary N) is 1. The summed E-state index contributed by atoms with van der Waals surface area (Å²) in [5, 5.41) is 0. The number of hydrogen-bond acceptors (Lipinski definition) is 3. The SMILES string of the molecule is CC(C)(S)c1ccc(N)nc1. The molecule has 1 aromatic rings. The molecule has 0 fully saturated rings. The molecule has 1 aromatic heterocycles. The third-order valence-electron chi connectivity index (χ3n) is 1.49. The summed E-state index contributed by atoms with van der Waals surface area (Å²) >= 11 is 4.40. The number of aromatic nitrogens is 1. The molecule has 2 nitrogen and oxygen atoms in total. The Kier molecular flexibility index (Phi) is 2.09. The van der Waals surface area contributed by atoms with Gasteiger partial charge in [0.15, 0.2) is 0 Å². The minimum atomic E-state index is -0.138. The maximum absolute atomic E-state index is 5.43. The van der Waals surface area contributed by atoms with E-state index in [1.807, 2.05) is 19.9 Å². The molecule has 0 radical (unpaired) electrons. The van der Waals surface area contributed by atoms with Crippen LogP contribution in [-0.2, 0) is 4.75 Å². The molecule has 0 bridgehead atoms. The van der Waals surface area contributed by atoms with Gasteiger partial charge in [-0.3, -0.25) is 0 Å². The summed E-state index contributed by atoms with van der Waals surface area (Å²) in [5.74, 6) is 0.548. The van der Waals surface area contributed by atoms with E-state index >= 15 is 0 Å². The van der Waals surface area contributed by atoms with Crippen LogP contribution in [0.4, 0.5) is 5.82 Å². The van der Waals surface area contributed by atoms with E-state index in [0.717, 1.165) is 5.56 Å². The molecule has 0 aliphatic rings. The standard InChI is InChI=1S/C8H12N2S/c1-8(2,11)6-3-4-7(9)10-5-6/h3-5,11H,1-2H3,(H2,9,10). The van der Waals surface area contributed by atoms with Crippen molar-refractivity contribution in [2.45, 2.75) is 18.6 Å². The molecular weight excluding hydrogens is 156 g/mol. The highest BCUT2D eigenvalue weighted by atomic mass is 32.1. The molecule has 1 heterocycles. The molecule has 1 rings (SSSR count). The first-order valence-electron chi connectivity index (χ1n) is 3.44. The first-order chi connectivity index (χ1) is 5.00. The molecule has 0 spiro atoms. The van der Waals surface area contributed by atoms with Gasteiger partial charge in [0.1, 0.15) is 5.82 Å². The topological polar surface area (TPSA) is 38.9 Å². The second-order valence-corrected chi connectivity index (χ2v) is 4.15. The average Bonchev–Trinajstić information content (AvgIpc) is 1.86. The second kappa shape index (κ2) is 2.74. The van der Waals surface area contributed by atoms with E-state index in [4.69, 9.17) is 5.73 Å². The molecular formula is C8H12N2S. The highest BCUT2D eigenvalue weighted by Gasteiger charge is 2.13. The quantitative estimate of drug-likeness (QED) is 0.628. The van der Waals surface area contributed by atoms with Crippen LogP contribution in [0.1, 0.15) is 19.4 Å². The summed E-state index contributed by atoms with van der Waals surface area (Å²) in [6, 6.07) is 3.72. The van der Waals surface area contributed by atoms with Crippen LogP contribution in [0.25, 0.3) is 0 Å². The summed E-state index contributed by atoms with van der Waals surface area (Å²) < 4.78 is -0.138. The van der Waals surface area contributed by atoms with Crippen molar-refractivity contribution in [2.24, 2.45) is 0 Å². The molecule has 0 saturated heterocycles. The predicted octanol–water partition coefficient (Wildman–Crippen LogP) is 1.83. The van der Waals surface area contributed by atoms with Crippen LogP contribution in [0.5, 0.6) is 0 Å². The van der Waals surface area contributed by atoms with Gasteiger partial charge in [-0.2, -0.15) is 12.6 Å². The first kappa shape index (κ1) is 8.40. The molecule has 3 heteroatoms. The van der Waals surface area contributed by atoms with Crippen molar-refractivity contribution in [1.82, 2.24) is 4.98 Å². The Balaban J connectivity index is 2.99. The van der Waals surface area contributed by atoms with Gasteiger partial charge in [-0.15, -0.1) is 0 Å². The Morgan fingerprint density at radius 3 is 2.45 bits per heavy atom. The number of nitrogens with zero attached hydrogens (tertiary/aromatic N) is 1. The van der Waals surface area contributed by atoms with Crippen LogP contribution in [0.15, 0.2) is 18.3 Å². The fraction of sp³-hybridized carbons (Fsp3) is 0.375. The largest absolute Gasteiger partial charge is 0.384 e. The van der Waals surface area contributed by atoms with Crippen LogP contribution in [0.2, 0.25) is 0 Å². The molecule has 0 amide bonds. The van der Waals surface area contributed by atoms with E-state index in [-0.39, 0.29) is 4.75 Å². The molecule has 0 aliphatic heterocycles. The maximum atomic E-state index is 5.43. The molecule has 0 saturated carbocycles. The van der Waals surface area contributed by atoms with Gasteiger partial charge in [0.2, 0.25) is 0 Å².